The van der Waals surface area contributed by atoms with Gasteiger partial charge in [-0.15, -0.1) is 11.3 Å². The van der Waals surface area contributed by atoms with Gasteiger partial charge in [-0.2, -0.15) is 0 Å². The summed E-state index contributed by atoms with van der Waals surface area (Å²) >= 11 is 1.45. The van der Waals surface area contributed by atoms with Crippen LogP contribution in [0.2, 0.25) is 0 Å². The molecule has 1 atom stereocenters. The summed E-state index contributed by atoms with van der Waals surface area (Å²) in [4.78, 5) is 19.9. The maximum absolute atomic E-state index is 13.0. The number of nitrogens with one attached hydrogen (secondary N) is 1. The van der Waals surface area contributed by atoms with Gasteiger partial charge in [-0.25, -0.2) is 9.37 Å². The molecule has 0 spiro atoms. The number of carbonyl (C=O) groups excluding carboxylic acids is 1. The predicted octanol–water partition coefficient (Wildman–Crippen LogP) is 2.62. The molecular weight excluding hydrogens is 313 g/mol. The number of rotatable bonds is 3. The molecule has 0 bridgehead atoms. The van der Waals surface area contributed by atoms with E-state index in [-0.39, 0.29) is 17.8 Å². The van der Waals surface area contributed by atoms with Crippen molar-refractivity contribution in [1.29, 1.82) is 0 Å². The Balaban J connectivity index is 1.77. The average molecular weight is 333 g/mol. The molecule has 1 aromatic carbocycles. The highest BCUT2D eigenvalue weighted by atomic mass is 32.1. The Hall–Kier alpha value is -1.79. The molecule has 0 aliphatic carbocycles. The Morgan fingerprint density at radius 3 is 2.87 bits per heavy atom. The summed E-state index contributed by atoms with van der Waals surface area (Å²) in [7, 11) is 0. The fourth-order valence-corrected chi connectivity index (χ4v) is 3.83. The van der Waals surface area contributed by atoms with E-state index in [4.69, 9.17) is 0 Å². The Kier molecular flexibility index (Phi) is 4.73. The van der Waals surface area contributed by atoms with E-state index in [1.807, 2.05) is 11.8 Å². The highest BCUT2D eigenvalue weighted by Gasteiger charge is 2.27. The van der Waals surface area contributed by atoms with Crippen molar-refractivity contribution in [2.45, 2.75) is 26.3 Å². The van der Waals surface area contributed by atoms with Crippen LogP contribution in [0.15, 0.2) is 24.3 Å². The zero-order chi connectivity index (χ0) is 16.4. The molecular formula is C17H20FN3OS. The van der Waals surface area contributed by atoms with Crippen LogP contribution in [0, 0.1) is 12.7 Å². The molecule has 6 heteroatoms. The summed E-state index contributed by atoms with van der Waals surface area (Å²) in [5.41, 5.74) is 1.78. The summed E-state index contributed by atoms with van der Waals surface area (Å²) < 4.78 is 13.0. The van der Waals surface area contributed by atoms with Crippen LogP contribution in [-0.4, -0.2) is 41.5 Å². The Morgan fingerprint density at radius 1 is 1.43 bits per heavy atom. The third-order valence-electron chi connectivity index (χ3n) is 4.07. The number of benzene rings is 1. The smallest absolute Gasteiger partial charge is 0.266 e. The van der Waals surface area contributed by atoms with Gasteiger partial charge in [0.2, 0.25) is 0 Å². The van der Waals surface area contributed by atoms with Gasteiger partial charge in [0.25, 0.3) is 5.91 Å². The summed E-state index contributed by atoms with van der Waals surface area (Å²) in [6.07, 6.45) is 0.621. The number of nitrogens with zero attached hydrogens (tertiary/aromatic N) is 2. The lowest BCUT2D eigenvalue weighted by Crippen LogP contribution is -2.52. The Bertz CT molecular complexity index is 698. The highest BCUT2D eigenvalue weighted by Crippen LogP contribution is 2.23. The standard InChI is InChI=1S/C17H20FN3OS/c1-11-10-19-7-8-21(11)17(22)16-12(2)20-15(23-16)9-13-3-5-14(18)6-4-13/h3-6,11,19H,7-10H2,1-2H3/t11-/m1/s1. The lowest BCUT2D eigenvalue weighted by atomic mass is 10.1. The van der Waals surface area contributed by atoms with E-state index in [9.17, 15) is 9.18 Å². The number of hydrogen-bond donors (Lipinski definition) is 1. The lowest BCUT2D eigenvalue weighted by molar-refractivity contribution is 0.0660. The second-order valence-corrected chi connectivity index (χ2v) is 6.96. The normalized spacial score (nSPS) is 18.2. The van der Waals surface area contributed by atoms with Gasteiger partial charge in [0.05, 0.1) is 10.7 Å². The third kappa shape index (κ3) is 3.59. The van der Waals surface area contributed by atoms with Crippen molar-refractivity contribution < 1.29 is 9.18 Å². The average Bonchev–Trinajstić information content (AvgIpc) is 2.90. The lowest BCUT2D eigenvalue weighted by Gasteiger charge is -2.33. The Morgan fingerprint density at radius 2 is 2.17 bits per heavy atom. The Labute approximate surface area is 139 Å². The minimum absolute atomic E-state index is 0.0688. The van der Waals surface area contributed by atoms with Gasteiger partial charge in [0.1, 0.15) is 10.7 Å². The fourth-order valence-electron chi connectivity index (χ4n) is 2.78. The molecule has 2 heterocycles. The van der Waals surface area contributed by atoms with Gasteiger partial charge in [-0.3, -0.25) is 4.79 Å². The first-order valence-electron chi connectivity index (χ1n) is 7.77. The van der Waals surface area contributed by atoms with Gasteiger partial charge in [-0.05, 0) is 31.5 Å². The van der Waals surface area contributed by atoms with Gasteiger partial charge >= 0.3 is 0 Å². The quantitative estimate of drug-likeness (QED) is 0.939. The van der Waals surface area contributed by atoms with Crippen molar-refractivity contribution in [3.8, 4) is 0 Å². The summed E-state index contributed by atoms with van der Waals surface area (Å²) in [6.45, 7) is 6.32. The number of aryl methyl sites for hydroxylation is 1. The van der Waals surface area contributed by atoms with E-state index in [1.54, 1.807) is 12.1 Å². The van der Waals surface area contributed by atoms with Crippen LogP contribution in [0.3, 0.4) is 0 Å². The molecule has 1 aliphatic rings. The first-order valence-corrected chi connectivity index (χ1v) is 8.58. The number of carbonyl (C=O) groups is 1. The molecule has 4 nitrogen and oxygen atoms in total. The maximum Gasteiger partial charge on any atom is 0.266 e. The van der Waals surface area contributed by atoms with Gasteiger partial charge in [-0.1, -0.05) is 12.1 Å². The zero-order valence-corrected chi connectivity index (χ0v) is 14.1. The topological polar surface area (TPSA) is 45.2 Å². The van der Waals surface area contributed by atoms with Gasteiger partial charge < -0.3 is 10.2 Å². The minimum Gasteiger partial charge on any atom is -0.333 e. The molecule has 1 fully saturated rings. The summed E-state index contributed by atoms with van der Waals surface area (Å²) in [6, 6.07) is 6.60. The van der Waals surface area contributed by atoms with Crippen molar-refractivity contribution >= 4 is 17.2 Å². The van der Waals surface area contributed by atoms with Crippen LogP contribution in [0.25, 0.3) is 0 Å². The molecule has 1 N–H and O–H groups in total. The SMILES string of the molecule is Cc1nc(Cc2ccc(F)cc2)sc1C(=O)N1CCNC[C@H]1C. The van der Waals surface area contributed by atoms with E-state index >= 15 is 0 Å². The minimum atomic E-state index is -0.243. The van der Waals surface area contributed by atoms with Crippen LogP contribution in [0.5, 0.6) is 0 Å². The van der Waals surface area contributed by atoms with E-state index in [0.717, 1.165) is 40.8 Å². The maximum atomic E-state index is 13.0. The number of aromatic nitrogens is 1. The molecule has 0 radical (unpaired) electrons. The number of piperazine rings is 1. The van der Waals surface area contributed by atoms with Crippen LogP contribution in [0.1, 0.15) is 32.9 Å². The van der Waals surface area contributed by atoms with Crippen molar-refractivity contribution in [3.05, 3.63) is 51.2 Å². The first-order chi connectivity index (χ1) is 11.0. The summed E-state index contributed by atoms with van der Waals surface area (Å²) in [5, 5.41) is 4.18. The van der Waals surface area contributed by atoms with E-state index in [0.29, 0.717) is 6.42 Å². The molecule has 1 aliphatic heterocycles. The second kappa shape index (κ2) is 6.76. The monoisotopic (exact) mass is 333 g/mol. The summed E-state index contributed by atoms with van der Waals surface area (Å²) in [5.74, 6) is -0.174. The fraction of sp³-hybridized carbons (Fsp3) is 0.412. The number of hydrogen-bond acceptors (Lipinski definition) is 4. The molecule has 0 saturated carbocycles. The van der Waals surface area contributed by atoms with Crippen LogP contribution in [0.4, 0.5) is 4.39 Å². The molecule has 23 heavy (non-hydrogen) atoms. The number of amides is 1. The largest absolute Gasteiger partial charge is 0.333 e. The number of thiazole rings is 1. The van der Waals surface area contributed by atoms with Gasteiger partial charge in [0.15, 0.2) is 0 Å². The molecule has 2 aromatic rings. The van der Waals surface area contributed by atoms with Crippen LogP contribution < -0.4 is 5.32 Å². The third-order valence-corrected chi connectivity index (χ3v) is 5.21. The molecule has 0 unspecified atom stereocenters. The van der Waals surface area contributed by atoms with Crippen molar-refractivity contribution in [2.24, 2.45) is 0 Å². The molecule has 1 saturated heterocycles. The second-order valence-electron chi connectivity index (χ2n) is 5.88. The van der Waals surface area contributed by atoms with E-state index in [2.05, 4.69) is 17.2 Å². The van der Waals surface area contributed by atoms with Crippen LogP contribution >= 0.6 is 11.3 Å². The van der Waals surface area contributed by atoms with E-state index < -0.39 is 0 Å². The van der Waals surface area contributed by atoms with Crippen molar-refractivity contribution in [3.63, 3.8) is 0 Å². The van der Waals surface area contributed by atoms with Gasteiger partial charge in [0, 0.05) is 32.1 Å². The first kappa shape index (κ1) is 16.1. The predicted molar refractivity (Wildman–Crippen MR) is 89.4 cm³/mol. The zero-order valence-electron chi connectivity index (χ0n) is 13.3. The van der Waals surface area contributed by atoms with Crippen LogP contribution in [-0.2, 0) is 6.42 Å². The van der Waals surface area contributed by atoms with E-state index in [1.165, 1.54) is 23.5 Å². The molecule has 3 rings (SSSR count). The highest BCUT2D eigenvalue weighted by molar-refractivity contribution is 7.13. The van der Waals surface area contributed by atoms with Crippen molar-refractivity contribution in [1.82, 2.24) is 15.2 Å². The number of halogens is 1. The molecule has 122 valence electrons. The molecule has 1 aromatic heterocycles. The molecule has 1 amide bonds. The van der Waals surface area contributed by atoms with Crippen molar-refractivity contribution in [2.75, 3.05) is 19.6 Å².